The number of para-hydroxylation sites is 1. The van der Waals surface area contributed by atoms with Gasteiger partial charge in [-0.1, -0.05) is 12.1 Å². The van der Waals surface area contributed by atoms with Gasteiger partial charge in [-0.05, 0) is 38.0 Å². The molecule has 0 saturated heterocycles. The number of thioether (sulfide) groups is 1. The first-order valence-corrected chi connectivity index (χ1v) is 7.57. The highest BCUT2D eigenvalue weighted by atomic mass is 32.2. The maximum atomic E-state index is 10.8. The molecular formula is C13H21N3O2S. The molecule has 1 unspecified atom stereocenters. The Morgan fingerprint density at radius 1 is 1.53 bits per heavy atom. The zero-order valence-electron chi connectivity index (χ0n) is 11.6. The van der Waals surface area contributed by atoms with E-state index in [9.17, 15) is 10.1 Å². The first-order chi connectivity index (χ1) is 8.97. The molecule has 0 radical (unpaired) electrons. The van der Waals surface area contributed by atoms with Crippen LogP contribution in [0.1, 0.15) is 18.9 Å². The molecular weight excluding hydrogens is 262 g/mol. The first-order valence-electron chi connectivity index (χ1n) is 6.18. The minimum absolute atomic E-state index is 0.0114. The lowest BCUT2D eigenvalue weighted by molar-refractivity contribution is -0.384. The molecule has 5 nitrogen and oxygen atoms in total. The Hall–Kier alpha value is -1.27. The van der Waals surface area contributed by atoms with Gasteiger partial charge in [-0.3, -0.25) is 15.0 Å². The topological polar surface area (TPSA) is 72.4 Å². The molecule has 0 aliphatic rings. The van der Waals surface area contributed by atoms with E-state index in [1.54, 1.807) is 6.07 Å². The van der Waals surface area contributed by atoms with E-state index in [-0.39, 0.29) is 11.4 Å². The fourth-order valence-electron chi connectivity index (χ4n) is 1.83. The number of nitrogens with two attached hydrogens (primary N) is 1. The summed E-state index contributed by atoms with van der Waals surface area (Å²) in [5.41, 5.74) is 6.94. The molecule has 0 aliphatic carbocycles. The number of nitrogen functional groups attached to an aromatic ring is 1. The fraction of sp³-hybridized carbons (Fsp3) is 0.538. The molecule has 6 heteroatoms. The Kier molecular flexibility index (Phi) is 6.11. The van der Waals surface area contributed by atoms with Gasteiger partial charge in [0.1, 0.15) is 5.69 Å². The molecule has 1 atom stereocenters. The lowest BCUT2D eigenvalue weighted by Gasteiger charge is -2.25. The number of rotatable bonds is 7. The highest BCUT2D eigenvalue weighted by Gasteiger charge is 2.16. The van der Waals surface area contributed by atoms with Gasteiger partial charge in [0.25, 0.3) is 5.69 Å². The third kappa shape index (κ3) is 4.40. The predicted molar refractivity (Wildman–Crippen MR) is 81.4 cm³/mol. The molecule has 0 heterocycles. The number of nitrogens with zero attached hydrogens (tertiary/aromatic N) is 2. The second-order valence-electron chi connectivity index (χ2n) is 4.65. The average molecular weight is 283 g/mol. The lowest BCUT2D eigenvalue weighted by Crippen LogP contribution is -2.29. The van der Waals surface area contributed by atoms with E-state index in [2.05, 4.69) is 18.1 Å². The van der Waals surface area contributed by atoms with Crippen LogP contribution in [0.3, 0.4) is 0 Å². The number of nitro groups is 1. The summed E-state index contributed by atoms with van der Waals surface area (Å²) < 4.78 is 0. The van der Waals surface area contributed by atoms with Crippen molar-refractivity contribution in [2.45, 2.75) is 25.9 Å². The molecule has 0 bridgehead atoms. The summed E-state index contributed by atoms with van der Waals surface area (Å²) in [6.07, 6.45) is 3.18. The highest BCUT2D eigenvalue weighted by Crippen LogP contribution is 2.26. The highest BCUT2D eigenvalue weighted by molar-refractivity contribution is 7.98. The van der Waals surface area contributed by atoms with E-state index in [1.165, 1.54) is 6.07 Å². The number of anilines is 1. The molecule has 1 rings (SSSR count). The van der Waals surface area contributed by atoms with Gasteiger partial charge in [0.2, 0.25) is 0 Å². The predicted octanol–water partition coefficient (Wildman–Crippen LogP) is 2.75. The zero-order chi connectivity index (χ0) is 14.4. The van der Waals surface area contributed by atoms with Crippen LogP contribution in [0.2, 0.25) is 0 Å². The number of hydrogen-bond acceptors (Lipinski definition) is 5. The third-order valence-electron chi connectivity index (χ3n) is 3.28. The van der Waals surface area contributed by atoms with Gasteiger partial charge in [-0.25, -0.2) is 0 Å². The Balaban J connectivity index is 2.76. The van der Waals surface area contributed by atoms with Crippen molar-refractivity contribution in [2.24, 2.45) is 0 Å². The number of benzene rings is 1. The van der Waals surface area contributed by atoms with E-state index in [4.69, 9.17) is 5.73 Å². The molecule has 2 N–H and O–H groups in total. The van der Waals surface area contributed by atoms with Crippen LogP contribution in [-0.4, -0.2) is 34.9 Å². The second kappa shape index (κ2) is 7.35. The van der Waals surface area contributed by atoms with E-state index >= 15 is 0 Å². The van der Waals surface area contributed by atoms with Crippen molar-refractivity contribution in [1.82, 2.24) is 4.90 Å². The van der Waals surface area contributed by atoms with Crippen LogP contribution in [0.25, 0.3) is 0 Å². The molecule has 0 amide bonds. The van der Waals surface area contributed by atoms with Crippen LogP contribution >= 0.6 is 11.8 Å². The molecule has 19 heavy (non-hydrogen) atoms. The summed E-state index contributed by atoms with van der Waals surface area (Å²) in [7, 11) is 2.02. The van der Waals surface area contributed by atoms with E-state index < -0.39 is 4.92 Å². The molecule has 0 spiro atoms. The van der Waals surface area contributed by atoms with Gasteiger partial charge >= 0.3 is 0 Å². The maximum absolute atomic E-state index is 10.8. The molecule has 106 valence electrons. The number of hydrogen-bond donors (Lipinski definition) is 1. The van der Waals surface area contributed by atoms with Crippen LogP contribution in [0.15, 0.2) is 18.2 Å². The van der Waals surface area contributed by atoms with Gasteiger partial charge < -0.3 is 5.73 Å². The molecule has 0 saturated carbocycles. The molecule has 0 aliphatic heterocycles. The minimum Gasteiger partial charge on any atom is -0.393 e. The van der Waals surface area contributed by atoms with Gasteiger partial charge in [-0.15, -0.1) is 0 Å². The van der Waals surface area contributed by atoms with E-state index in [0.29, 0.717) is 12.6 Å². The van der Waals surface area contributed by atoms with Gasteiger partial charge in [-0.2, -0.15) is 11.8 Å². The van der Waals surface area contributed by atoms with Crippen molar-refractivity contribution in [1.29, 1.82) is 0 Å². The monoisotopic (exact) mass is 283 g/mol. The van der Waals surface area contributed by atoms with E-state index in [1.807, 2.05) is 24.9 Å². The SMILES string of the molecule is CSCCC(C)N(C)Cc1cccc([N+](=O)[O-])c1N. The van der Waals surface area contributed by atoms with Crippen molar-refractivity contribution in [2.75, 3.05) is 24.8 Å². The van der Waals surface area contributed by atoms with Crippen LogP contribution in [0.5, 0.6) is 0 Å². The van der Waals surface area contributed by atoms with Gasteiger partial charge in [0.15, 0.2) is 0 Å². The van der Waals surface area contributed by atoms with Crippen molar-refractivity contribution in [3.05, 3.63) is 33.9 Å². The van der Waals surface area contributed by atoms with Gasteiger partial charge in [0, 0.05) is 18.7 Å². The minimum atomic E-state index is -0.435. The second-order valence-corrected chi connectivity index (χ2v) is 5.64. The van der Waals surface area contributed by atoms with Crippen molar-refractivity contribution < 1.29 is 4.92 Å². The van der Waals surface area contributed by atoms with E-state index in [0.717, 1.165) is 17.7 Å². The summed E-state index contributed by atoms with van der Waals surface area (Å²) in [5, 5.41) is 10.8. The van der Waals surface area contributed by atoms with Crippen LogP contribution < -0.4 is 5.73 Å². The third-order valence-corrected chi connectivity index (χ3v) is 3.93. The van der Waals surface area contributed by atoms with Crippen molar-refractivity contribution in [3.8, 4) is 0 Å². The Morgan fingerprint density at radius 2 is 2.21 bits per heavy atom. The van der Waals surface area contributed by atoms with Crippen molar-refractivity contribution >= 4 is 23.1 Å². The largest absolute Gasteiger partial charge is 0.393 e. The summed E-state index contributed by atoms with van der Waals surface area (Å²) in [6.45, 7) is 2.78. The Morgan fingerprint density at radius 3 is 2.79 bits per heavy atom. The molecule has 0 fully saturated rings. The molecule has 1 aromatic rings. The standard InChI is InChI=1S/C13H21N3O2S/c1-10(7-8-19-3)15(2)9-11-5-4-6-12(13(11)14)16(17)18/h4-6,10H,7-9,14H2,1-3H3. The molecule has 1 aromatic carbocycles. The fourth-order valence-corrected chi connectivity index (χ4v) is 2.41. The Bertz CT molecular complexity index is 440. The van der Waals surface area contributed by atoms with Crippen LogP contribution in [0, 0.1) is 10.1 Å². The quantitative estimate of drug-likeness (QED) is 0.473. The number of nitro benzene ring substituents is 1. The van der Waals surface area contributed by atoms with Crippen LogP contribution in [-0.2, 0) is 6.54 Å². The van der Waals surface area contributed by atoms with Crippen LogP contribution in [0.4, 0.5) is 11.4 Å². The van der Waals surface area contributed by atoms with Gasteiger partial charge in [0.05, 0.1) is 4.92 Å². The summed E-state index contributed by atoms with van der Waals surface area (Å²) in [4.78, 5) is 12.6. The summed E-state index contributed by atoms with van der Waals surface area (Å²) >= 11 is 1.82. The smallest absolute Gasteiger partial charge is 0.292 e. The van der Waals surface area contributed by atoms with Crippen molar-refractivity contribution in [3.63, 3.8) is 0 Å². The normalized spacial score (nSPS) is 12.6. The lowest BCUT2D eigenvalue weighted by atomic mass is 10.1. The summed E-state index contributed by atoms with van der Waals surface area (Å²) in [5.74, 6) is 1.11. The average Bonchev–Trinajstić information content (AvgIpc) is 2.37. The first kappa shape index (κ1) is 15.8. The molecule has 0 aromatic heterocycles. The zero-order valence-corrected chi connectivity index (χ0v) is 12.4. The Labute approximate surface area is 118 Å². The summed E-state index contributed by atoms with van der Waals surface area (Å²) in [6, 6.07) is 5.39. The maximum Gasteiger partial charge on any atom is 0.292 e.